The molecule has 1 unspecified atom stereocenters. The Morgan fingerprint density at radius 2 is 1.81 bits per heavy atom. The van der Waals surface area contributed by atoms with Gasteiger partial charge >= 0.3 is 0 Å². The number of ether oxygens (including phenoxy) is 2. The third-order valence-corrected chi connectivity index (χ3v) is 11.6. The summed E-state index contributed by atoms with van der Waals surface area (Å²) in [5, 5.41) is 3.55. The van der Waals surface area contributed by atoms with Crippen LogP contribution in [0.15, 0.2) is 74.2 Å². The number of benzene rings is 2. The van der Waals surface area contributed by atoms with Crippen molar-refractivity contribution in [3.63, 3.8) is 0 Å². The highest BCUT2D eigenvalue weighted by atomic mass is 32.2. The Bertz CT molecular complexity index is 2330. The van der Waals surface area contributed by atoms with E-state index >= 15 is 0 Å². The van der Waals surface area contributed by atoms with Gasteiger partial charge in [-0.25, -0.2) is 4.98 Å². The van der Waals surface area contributed by atoms with Crippen LogP contribution < -0.4 is 5.32 Å². The highest BCUT2D eigenvalue weighted by Crippen LogP contribution is 2.36. The van der Waals surface area contributed by atoms with Crippen molar-refractivity contribution in [3.05, 3.63) is 82.0 Å². The van der Waals surface area contributed by atoms with Gasteiger partial charge in [-0.05, 0) is 85.3 Å². The predicted molar refractivity (Wildman–Crippen MR) is 213 cm³/mol. The summed E-state index contributed by atoms with van der Waals surface area (Å²) in [6.45, 7) is 4.47. The van der Waals surface area contributed by atoms with Crippen LogP contribution in [0, 0.1) is 0 Å². The number of thioether (sulfide) groups is 1. The molecule has 1 aliphatic carbocycles. The van der Waals surface area contributed by atoms with Crippen LogP contribution in [0.2, 0.25) is 0 Å². The number of hydrogen-bond acceptors (Lipinski definition) is 13. The molecule has 17 heteroatoms. The topological polar surface area (TPSA) is 187 Å². The van der Waals surface area contributed by atoms with Crippen LogP contribution in [-0.4, -0.2) is 105 Å². The molecular formula is C41H41N5O10S2. The molecule has 0 bridgehead atoms. The van der Waals surface area contributed by atoms with Crippen LogP contribution >= 0.6 is 23.5 Å². The van der Waals surface area contributed by atoms with Crippen LogP contribution in [0.5, 0.6) is 0 Å². The van der Waals surface area contributed by atoms with E-state index in [4.69, 9.17) is 18.9 Å². The average molecular weight is 828 g/mol. The fourth-order valence-electron chi connectivity index (χ4n) is 7.05. The maximum atomic E-state index is 13.1. The fraction of sp³-hybridized carbons (Fsp3) is 0.366. The minimum absolute atomic E-state index is 0.0134. The number of rotatable bonds is 17. The Hall–Kier alpha value is -5.36. The number of aromatic nitrogens is 2. The van der Waals surface area contributed by atoms with E-state index in [0.717, 1.165) is 22.8 Å². The van der Waals surface area contributed by atoms with Gasteiger partial charge in [0.05, 0.1) is 48.2 Å². The molecular weight excluding hydrogens is 787 g/mol. The first kappa shape index (κ1) is 40.8. The van der Waals surface area contributed by atoms with Crippen molar-refractivity contribution in [1.29, 1.82) is 0 Å². The second-order valence-corrected chi connectivity index (χ2v) is 16.2. The number of imide groups is 1. The first-order valence-electron chi connectivity index (χ1n) is 18.9. The molecule has 0 spiro atoms. The molecule has 3 aliphatic rings. The lowest BCUT2D eigenvalue weighted by Gasteiger charge is -2.29. The van der Waals surface area contributed by atoms with E-state index in [1.807, 2.05) is 24.3 Å². The first-order chi connectivity index (χ1) is 28.0. The number of Topliss-reactive ketones (excluding diaryl/α,β-unsaturated/α-hetero) is 3. The van der Waals surface area contributed by atoms with E-state index < -0.39 is 6.04 Å². The second-order valence-electron chi connectivity index (χ2n) is 14.2. The van der Waals surface area contributed by atoms with Crippen molar-refractivity contribution in [3.8, 4) is 0 Å². The molecule has 302 valence electrons. The summed E-state index contributed by atoms with van der Waals surface area (Å²) in [5.41, 5.74) is 3.38. The SMILES string of the molecule is CC(C)N1C(=O)S/C(=C\c2ccc(Sc3nc4ccccc4n3CC(=O)NCCOCCOCC(=O)Cc3cccc4c3CN(C3CCC(=O)CC3=O)C4=O)o2)C1=O. The fourth-order valence-corrected chi connectivity index (χ4v) is 8.86. The minimum atomic E-state index is -0.622. The lowest BCUT2D eigenvalue weighted by Crippen LogP contribution is -2.44. The Kier molecular flexibility index (Phi) is 12.7. The lowest BCUT2D eigenvalue weighted by molar-refractivity contribution is -0.133. The Morgan fingerprint density at radius 3 is 2.60 bits per heavy atom. The van der Waals surface area contributed by atoms with Gasteiger partial charge in [0.25, 0.3) is 17.1 Å². The maximum Gasteiger partial charge on any atom is 0.293 e. The maximum absolute atomic E-state index is 13.1. The number of fused-ring (bicyclic) bond motifs is 2. The van der Waals surface area contributed by atoms with Crippen LogP contribution in [0.3, 0.4) is 0 Å². The number of nitrogens with zero attached hydrogens (tertiary/aromatic N) is 4. The molecule has 2 aliphatic heterocycles. The molecule has 7 rings (SSSR count). The van der Waals surface area contributed by atoms with Gasteiger partial charge in [0, 0.05) is 43.6 Å². The van der Waals surface area contributed by atoms with Gasteiger partial charge in [0.2, 0.25) is 5.91 Å². The van der Waals surface area contributed by atoms with Crippen molar-refractivity contribution < 1.29 is 47.5 Å². The smallest absolute Gasteiger partial charge is 0.293 e. The summed E-state index contributed by atoms with van der Waals surface area (Å²) in [5.74, 6) is -0.977. The third-order valence-electron chi connectivity index (χ3n) is 9.83. The zero-order valence-corrected chi connectivity index (χ0v) is 33.5. The Labute approximate surface area is 341 Å². The lowest BCUT2D eigenvalue weighted by atomic mass is 9.92. The van der Waals surface area contributed by atoms with E-state index in [-0.39, 0.29) is 117 Å². The number of carbonyl (C=O) groups is 7. The van der Waals surface area contributed by atoms with Gasteiger partial charge in [-0.1, -0.05) is 24.3 Å². The number of hydrogen-bond donors (Lipinski definition) is 1. The minimum Gasteiger partial charge on any atom is -0.450 e. The summed E-state index contributed by atoms with van der Waals surface area (Å²) in [4.78, 5) is 95.8. The molecule has 1 atom stereocenters. The molecule has 4 aromatic rings. The third kappa shape index (κ3) is 9.17. The number of para-hydroxylation sites is 2. The second kappa shape index (κ2) is 18.1. The Morgan fingerprint density at radius 1 is 1.00 bits per heavy atom. The molecule has 58 heavy (non-hydrogen) atoms. The molecule has 2 aromatic carbocycles. The Balaban J connectivity index is 0.834. The largest absolute Gasteiger partial charge is 0.450 e. The van der Waals surface area contributed by atoms with Crippen molar-refractivity contribution in [2.24, 2.45) is 0 Å². The summed E-state index contributed by atoms with van der Waals surface area (Å²) in [6, 6.07) is 15.2. The van der Waals surface area contributed by atoms with E-state index in [9.17, 15) is 33.6 Å². The molecule has 2 aromatic heterocycles. The highest BCUT2D eigenvalue weighted by Gasteiger charge is 2.40. The monoisotopic (exact) mass is 827 g/mol. The molecule has 1 N–H and O–H groups in total. The van der Waals surface area contributed by atoms with Crippen LogP contribution in [0.4, 0.5) is 4.79 Å². The van der Waals surface area contributed by atoms with E-state index in [2.05, 4.69) is 5.32 Å². The number of furan rings is 1. The summed E-state index contributed by atoms with van der Waals surface area (Å²) < 4.78 is 18.9. The van der Waals surface area contributed by atoms with Gasteiger partial charge in [-0.3, -0.25) is 38.5 Å². The van der Waals surface area contributed by atoms with Crippen molar-refractivity contribution >= 4 is 80.9 Å². The summed E-state index contributed by atoms with van der Waals surface area (Å²) in [7, 11) is 0. The summed E-state index contributed by atoms with van der Waals surface area (Å²) >= 11 is 2.10. The molecule has 15 nitrogen and oxygen atoms in total. The predicted octanol–water partition coefficient (Wildman–Crippen LogP) is 4.83. The summed E-state index contributed by atoms with van der Waals surface area (Å²) in [6.07, 6.45) is 2.06. The molecule has 4 amide bonds. The van der Waals surface area contributed by atoms with E-state index in [1.165, 1.54) is 21.6 Å². The van der Waals surface area contributed by atoms with Crippen LogP contribution in [-0.2, 0) is 53.0 Å². The number of imidazole rings is 1. The molecule has 1 saturated carbocycles. The van der Waals surface area contributed by atoms with Gasteiger partial charge in [0.1, 0.15) is 24.7 Å². The number of nitrogens with one attached hydrogen (secondary N) is 1. The number of ketones is 3. The van der Waals surface area contributed by atoms with Crippen LogP contribution in [0.1, 0.15) is 60.4 Å². The quantitative estimate of drug-likeness (QED) is 0.0867. The molecule has 4 heterocycles. The highest BCUT2D eigenvalue weighted by molar-refractivity contribution is 8.18. The molecule has 0 radical (unpaired) electrons. The first-order valence-corrected chi connectivity index (χ1v) is 20.5. The van der Waals surface area contributed by atoms with Gasteiger partial charge in [-0.15, -0.1) is 0 Å². The number of amides is 4. The average Bonchev–Trinajstić information content (AvgIpc) is 3.94. The van der Waals surface area contributed by atoms with E-state index in [1.54, 1.807) is 54.8 Å². The van der Waals surface area contributed by atoms with Gasteiger partial charge in [-0.2, -0.15) is 0 Å². The number of carbonyl (C=O) groups excluding carboxylic acids is 7. The standard InChI is InChI=1S/C41H41N5O10S2/c1-24(2)46-39(52)35(57-41(46)53)20-28-11-13-37(56-28)58-40-43-31-8-3-4-9-32(31)45(40)22-36(50)42-14-15-54-16-17-55-23-27(48)18-25-6-5-7-29-30(25)21-44(38(29)51)33-12-10-26(47)19-34(33)49/h3-9,11,13,20,24,33H,10,12,14-19,21-23H2,1-2H3,(H,42,50)/b35-20-. The molecule has 1 saturated heterocycles. The van der Waals surface area contributed by atoms with Crippen molar-refractivity contribution in [2.45, 2.75) is 75.0 Å². The van der Waals surface area contributed by atoms with Gasteiger partial charge < -0.3 is 28.7 Å². The zero-order chi connectivity index (χ0) is 40.9. The van der Waals surface area contributed by atoms with Gasteiger partial charge in [0.15, 0.2) is 21.8 Å². The normalized spacial score (nSPS) is 17.7. The van der Waals surface area contributed by atoms with Crippen molar-refractivity contribution in [2.75, 3.05) is 33.0 Å². The van der Waals surface area contributed by atoms with Crippen LogP contribution in [0.25, 0.3) is 17.1 Å². The van der Waals surface area contributed by atoms with Crippen molar-refractivity contribution in [1.82, 2.24) is 24.7 Å². The zero-order valence-electron chi connectivity index (χ0n) is 31.9. The van der Waals surface area contributed by atoms with E-state index in [0.29, 0.717) is 39.1 Å². The molecule has 2 fully saturated rings.